The van der Waals surface area contributed by atoms with E-state index in [0.717, 1.165) is 6.08 Å². The molecule has 0 saturated heterocycles. The van der Waals surface area contributed by atoms with Gasteiger partial charge in [-0.2, -0.15) is 0 Å². The summed E-state index contributed by atoms with van der Waals surface area (Å²) in [6.07, 6.45) is 2.60. The largest absolute Gasteiger partial charge is 0.204 e. The molecule has 0 aliphatic rings. The Labute approximate surface area is 135 Å². The number of rotatable bonds is 8. The van der Waals surface area contributed by atoms with Crippen LogP contribution in [0.2, 0.25) is 0 Å². The van der Waals surface area contributed by atoms with E-state index >= 15 is 0 Å². The van der Waals surface area contributed by atoms with E-state index < -0.39 is 29.2 Å². The van der Waals surface area contributed by atoms with Crippen molar-refractivity contribution in [3.8, 4) is 0 Å². The average Bonchev–Trinajstić information content (AvgIpc) is 2.54. The van der Waals surface area contributed by atoms with Crippen molar-refractivity contribution in [3.05, 3.63) is 84.1 Å². The van der Waals surface area contributed by atoms with Crippen LogP contribution in [0.5, 0.6) is 0 Å². The normalized spacial score (nSPS) is 15.3. The second-order valence-corrected chi connectivity index (χ2v) is 5.30. The highest BCUT2D eigenvalue weighted by atomic mass is 19.2. The molecule has 0 aromatic rings. The summed E-state index contributed by atoms with van der Waals surface area (Å²) >= 11 is 0. The van der Waals surface area contributed by atoms with Crippen LogP contribution >= 0.6 is 0 Å². The predicted molar refractivity (Wildman–Crippen MR) is 89.3 cm³/mol. The Bertz CT molecular complexity index is 615. The maximum absolute atomic E-state index is 13.8. The summed E-state index contributed by atoms with van der Waals surface area (Å²) in [7, 11) is 0. The summed E-state index contributed by atoms with van der Waals surface area (Å²) in [5.74, 6) is -4.70. The Morgan fingerprint density at radius 1 is 0.957 bits per heavy atom. The fourth-order valence-electron chi connectivity index (χ4n) is 1.57. The highest BCUT2D eigenvalue weighted by Crippen LogP contribution is 2.29. The molecular weight excluding hydrogens is 304 g/mol. The quantitative estimate of drug-likeness (QED) is 0.328. The Hall–Kier alpha value is -2.10. The Kier molecular flexibility index (Phi) is 8.30. The maximum atomic E-state index is 13.8. The molecule has 0 aromatic heterocycles. The van der Waals surface area contributed by atoms with Gasteiger partial charge in [-0.25, -0.2) is 17.6 Å². The van der Waals surface area contributed by atoms with Crippen molar-refractivity contribution in [1.82, 2.24) is 0 Å². The van der Waals surface area contributed by atoms with Crippen molar-refractivity contribution < 1.29 is 17.6 Å². The number of allylic oxidation sites excluding steroid dienone is 10. The molecule has 0 amide bonds. The second kappa shape index (κ2) is 9.13. The molecule has 0 fully saturated rings. The predicted octanol–water partition coefficient (Wildman–Crippen LogP) is 7.13. The average molecular weight is 326 g/mol. The minimum atomic E-state index is -1.08. The Morgan fingerprint density at radius 2 is 1.48 bits per heavy atom. The van der Waals surface area contributed by atoms with Gasteiger partial charge in [0, 0.05) is 5.57 Å². The molecule has 0 aliphatic heterocycles. The van der Waals surface area contributed by atoms with Crippen LogP contribution in [0.4, 0.5) is 17.6 Å². The van der Waals surface area contributed by atoms with Gasteiger partial charge in [0.15, 0.2) is 23.3 Å². The molecule has 0 nitrogen and oxygen atoms in total. The summed E-state index contributed by atoms with van der Waals surface area (Å²) in [6, 6.07) is 0. The number of hydrogen-bond acceptors (Lipinski definition) is 0. The van der Waals surface area contributed by atoms with Crippen molar-refractivity contribution >= 4 is 0 Å². The first-order chi connectivity index (χ1) is 10.5. The molecular formula is C19H22F4. The van der Waals surface area contributed by atoms with Gasteiger partial charge >= 0.3 is 0 Å². The van der Waals surface area contributed by atoms with Crippen molar-refractivity contribution in [2.75, 3.05) is 0 Å². The van der Waals surface area contributed by atoms with Crippen LogP contribution in [0.3, 0.4) is 0 Å². The standard InChI is InChI=1S/C19H22F4/c1-8-16(20)18(22)14(6)12(4)9-10-13(5)15(7)19(23)17(21)11(2)3/h8,10,12H,1-2,6-7,9H2,3-5H3/b13-10+,18-16-,19-17-. The molecule has 0 heterocycles. The van der Waals surface area contributed by atoms with Gasteiger partial charge in [-0.15, -0.1) is 0 Å². The van der Waals surface area contributed by atoms with E-state index in [9.17, 15) is 17.6 Å². The summed E-state index contributed by atoms with van der Waals surface area (Å²) in [5.41, 5.74) is 0.218. The fourth-order valence-corrected chi connectivity index (χ4v) is 1.57. The lowest BCUT2D eigenvalue weighted by atomic mass is 9.95. The first-order valence-electron chi connectivity index (χ1n) is 6.98. The van der Waals surface area contributed by atoms with E-state index in [-0.39, 0.29) is 23.1 Å². The zero-order valence-corrected chi connectivity index (χ0v) is 13.8. The monoisotopic (exact) mass is 326 g/mol. The Balaban J connectivity index is 5.14. The lowest BCUT2D eigenvalue weighted by Gasteiger charge is -2.12. The zero-order valence-electron chi connectivity index (χ0n) is 13.8. The van der Waals surface area contributed by atoms with Crippen LogP contribution in [0.15, 0.2) is 84.1 Å². The molecule has 23 heavy (non-hydrogen) atoms. The van der Waals surface area contributed by atoms with E-state index in [1.54, 1.807) is 19.9 Å². The molecule has 0 spiro atoms. The first-order valence-corrected chi connectivity index (χ1v) is 6.98. The Morgan fingerprint density at radius 3 is 1.91 bits per heavy atom. The van der Waals surface area contributed by atoms with Crippen molar-refractivity contribution in [1.29, 1.82) is 0 Å². The van der Waals surface area contributed by atoms with Crippen molar-refractivity contribution in [2.24, 2.45) is 5.92 Å². The molecule has 0 aromatic carbocycles. The van der Waals surface area contributed by atoms with Crippen LogP contribution in [0, 0.1) is 5.92 Å². The third kappa shape index (κ3) is 5.89. The lowest BCUT2D eigenvalue weighted by Crippen LogP contribution is -2.00. The zero-order chi connectivity index (χ0) is 18.3. The molecule has 126 valence electrons. The van der Waals surface area contributed by atoms with Crippen molar-refractivity contribution in [3.63, 3.8) is 0 Å². The summed E-state index contributed by atoms with van der Waals surface area (Å²) < 4.78 is 54.0. The third-order valence-corrected chi connectivity index (χ3v) is 3.35. The number of hydrogen-bond donors (Lipinski definition) is 0. The molecule has 0 radical (unpaired) electrons. The first kappa shape index (κ1) is 20.9. The van der Waals surface area contributed by atoms with Crippen molar-refractivity contribution in [2.45, 2.75) is 27.2 Å². The van der Waals surface area contributed by atoms with E-state index in [2.05, 4.69) is 26.3 Å². The smallest absolute Gasteiger partial charge is 0.165 e. The highest BCUT2D eigenvalue weighted by molar-refractivity contribution is 5.45. The minimum absolute atomic E-state index is 0.0267. The van der Waals surface area contributed by atoms with Gasteiger partial charge in [-0.1, -0.05) is 39.3 Å². The third-order valence-electron chi connectivity index (χ3n) is 3.35. The molecule has 0 N–H and O–H groups in total. The minimum Gasteiger partial charge on any atom is -0.204 e. The van der Waals surface area contributed by atoms with E-state index in [1.165, 1.54) is 6.92 Å². The lowest BCUT2D eigenvalue weighted by molar-refractivity contribution is 0.535. The molecule has 1 atom stereocenters. The van der Waals surface area contributed by atoms with Gasteiger partial charge in [0.2, 0.25) is 0 Å². The van der Waals surface area contributed by atoms with Crippen LogP contribution in [0.25, 0.3) is 0 Å². The van der Waals surface area contributed by atoms with Gasteiger partial charge in [-0.3, -0.25) is 0 Å². The van der Waals surface area contributed by atoms with E-state index in [1.807, 2.05) is 0 Å². The molecule has 0 aliphatic carbocycles. The SMILES string of the molecule is C=C/C(F)=C(/F)C(=C)C(C)C/C=C(\C)C(=C)/C(F)=C(/F)C(=C)C. The van der Waals surface area contributed by atoms with Crippen LogP contribution in [-0.4, -0.2) is 0 Å². The fraction of sp³-hybridized carbons (Fsp3) is 0.263. The molecule has 0 bridgehead atoms. The van der Waals surface area contributed by atoms with Crippen LogP contribution in [0.1, 0.15) is 27.2 Å². The summed E-state index contributed by atoms with van der Waals surface area (Å²) in [4.78, 5) is 0. The van der Waals surface area contributed by atoms with E-state index in [0.29, 0.717) is 5.57 Å². The molecule has 0 saturated carbocycles. The van der Waals surface area contributed by atoms with E-state index in [4.69, 9.17) is 0 Å². The van der Waals surface area contributed by atoms with Crippen LogP contribution in [-0.2, 0) is 0 Å². The topological polar surface area (TPSA) is 0 Å². The maximum Gasteiger partial charge on any atom is 0.165 e. The second-order valence-electron chi connectivity index (χ2n) is 5.30. The van der Waals surface area contributed by atoms with Gasteiger partial charge in [0.05, 0.1) is 0 Å². The summed E-state index contributed by atoms with van der Waals surface area (Å²) in [5, 5.41) is 0. The van der Waals surface area contributed by atoms with Gasteiger partial charge in [0.25, 0.3) is 0 Å². The van der Waals surface area contributed by atoms with Crippen LogP contribution < -0.4 is 0 Å². The van der Waals surface area contributed by atoms with Gasteiger partial charge < -0.3 is 0 Å². The molecule has 1 unspecified atom stereocenters. The van der Waals surface area contributed by atoms with Gasteiger partial charge in [0.1, 0.15) is 0 Å². The summed E-state index contributed by atoms with van der Waals surface area (Å²) in [6.45, 7) is 18.0. The highest BCUT2D eigenvalue weighted by Gasteiger charge is 2.15. The molecule has 0 rings (SSSR count). The molecule has 4 heteroatoms. The van der Waals surface area contributed by atoms with Gasteiger partial charge in [-0.05, 0) is 49.0 Å². The number of halogens is 4.